The van der Waals surface area contributed by atoms with Crippen molar-refractivity contribution in [3.8, 4) is 12.3 Å². The number of nitrogens with one attached hydrogen (secondary N) is 1. The molecule has 1 aromatic rings. The molecule has 0 aliphatic carbocycles. The van der Waals surface area contributed by atoms with E-state index in [0.717, 1.165) is 6.26 Å². The second-order valence-electron chi connectivity index (χ2n) is 3.29. The molecule has 0 bridgehead atoms. The molecule has 0 aromatic carbocycles. The normalized spacial score (nSPS) is 11.5. The van der Waals surface area contributed by atoms with Crippen molar-refractivity contribution in [2.45, 2.75) is 19.4 Å². The second kappa shape index (κ2) is 5.03. The van der Waals surface area contributed by atoms with Crippen LogP contribution in [0.4, 0.5) is 0 Å². The molecule has 1 aromatic heterocycles. The minimum absolute atomic E-state index is 0.0405. The summed E-state index contributed by atoms with van der Waals surface area (Å²) in [4.78, 5) is 22.0. The number of terminal acetylenes is 1. The van der Waals surface area contributed by atoms with E-state index in [9.17, 15) is 9.59 Å². The Morgan fingerprint density at radius 3 is 2.88 bits per heavy atom. The lowest BCUT2D eigenvalue weighted by Crippen LogP contribution is -2.31. The van der Waals surface area contributed by atoms with Gasteiger partial charge in [0.2, 0.25) is 0 Å². The smallest absolute Gasteiger partial charge is 0.338 e. The number of rotatable bonds is 4. The van der Waals surface area contributed by atoms with Gasteiger partial charge in [0.05, 0.1) is 5.56 Å². The largest absolute Gasteiger partial charge is 0.478 e. The van der Waals surface area contributed by atoms with Crippen LogP contribution in [0.25, 0.3) is 0 Å². The molecule has 2 N–H and O–H groups in total. The fourth-order valence-electron chi connectivity index (χ4n) is 1.09. The van der Waals surface area contributed by atoms with E-state index in [1.165, 1.54) is 6.07 Å². The van der Waals surface area contributed by atoms with Gasteiger partial charge >= 0.3 is 5.97 Å². The summed E-state index contributed by atoms with van der Waals surface area (Å²) in [5.41, 5.74) is -0.0604. The van der Waals surface area contributed by atoms with Gasteiger partial charge in [0, 0.05) is 18.5 Å². The minimum atomic E-state index is -1.14. The van der Waals surface area contributed by atoms with E-state index in [-0.39, 0.29) is 17.4 Å². The molecule has 1 unspecified atom stereocenters. The minimum Gasteiger partial charge on any atom is -0.478 e. The van der Waals surface area contributed by atoms with Crippen LogP contribution in [-0.4, -0.2) is 23.0 Å². The number of hydrogen-bond donors (Lipinski definition) is 2. The summed E-state index contributed by atoms with van der Waals surface area (Å²) in [6.07, 6.45) is 6.50. The number of carbonyl (C=O) groups excluding carboxylic acids is 1. The average Bonchev–Trinajstić information content (AvgIpc) is 2.66. The van der Waals surface area contributed by atoms with Gasteiger partial charge in [0.25, 0.3) is 5.91 Å². The van der Waals surface area contributed by atoms with Crippen molar-refractivity contribution in [1.29, 1.82) is 0 Å². The lowest BCUT2D eigenvalue weighted by atomic mass is 10.2. The van der Waals surface area contributed by atoms with Gasteiger partial charge in [-0.2, -0.15) is 0 Å². The fraction of sp³-hybridized carbons (Fsp3) is 0.273. The summed E-state index contributed by atoms with van der Waals surface area (Å²) in [7, 11) is 0. The number of carboxylic acid groups (broad SMARTS) is 1. The summed E-state index contributed by atoms with van der Waals surface area (Å²) in [6.45, 7) is 1.75. The lowest BCUT2D eigenvalue weighted by Gasteiger charge is -2.08. The van der Waals surface area contributed by atoms with Crippen molar-refractivity contribution in [2.24, 2.45) is 0 Å². The molecule has 1 rings (SSSR count). The third-order valence-corrected chi connectivity index (χ3v) is 1.87. The van der Waals surface area contributed by atoms with Gasteiger partial charge < -0.3 is 14.8 Å². The molecule has 0 aliphatic rings. The molecular weight excluding hydrogens is 210 g/mol. The molecule has 0 spiro atoms. The maximum atomic E-state index is 11.5. The molecule has 0 aliphatic heterocycles. The van der Waals surface area contributed by atoms with Crippen LogP contribution in [0.3, 0.4) is 0 Å². The van der Waals surface area contributed by atoms with Crippen molar-refractivity contribution < 1.29 is 19.1 Å². The van der Waals surface area contributed by atoms with E-state index < -0.39 is 11.9 Å². The predicted octanol–water partition coefficient (Wildman–Crippen LogP) is 1.12. The molecule has 0 saturated carbocycles. The first kappa shape index (κ1) is 11.9. The Balaban J connectivity index is 2.67. The van der Waals surface area contributed by atoms with Gasteiger partial charge in [-0.15, -0.1) is 12.3 Å². The standard InChI is InChI=1S/C11H11NO4/c1-3-4-7(2)12-10(13)9-5-8(6-16-9)11(14)15/h1,5-7H,4H2,2H3,(H,12,13)(H,14,15). The summed E-state index contributed by atoms with van der Waals surface area (Å²) >= 11 is 0. The predicted molar refractivity (Wildman–Crippen MR) is 56.0 cm³/mol. The first-order chi connectivity index (χ1) is 7.54. The third-order valence-electron chi connectivity index (χ3n) is 1.87. The Morgan fingerprint density at radius 2 is 2.38 bits per heavy atom. The van der Waals surface area contributed by atoms with Crippen LogP contribution in [0.1, 0.15) is 34.3 Å². The Kier molecular flexibility index (Phi) is 3.72. The molecule has 0 saturated heterocycles. The summed E-state index contributed by atoms with van der Waals surface area (Å²) in [6, 6.07) is 0.983. The quantitative estimate of drug-likeness (QED) is 0.746. The fourth-order valence-corrected chi connectivity index (χ4v) is 1.09. The van der Waals surface area contributed by atoms with Crippen LogP contribution in [0, 0.1) is 12.3 Å². The van der Waals surface area contributed by atoms with Gasteiger partial charge in [-0.3, -0.25) is 4.79 Å². The highest BCUT2D eigenvalue weighted by Crippen LogP contribution is 2.08. The molecule has 0 radical (unpaired) electrons. The van der Waals surface area contributed by atoms with Crippen LogP contribution < -0.4 is 5.32 Å². The van der Waals surface area contributed by atoms with Crippen LogP contribution in [-0.2, 0) is 0 Å². The van der Waals surface area contributed by atoms with Crippen molar-refractivity contribution in [2.75, 3.05) is 0 Å². The van der Waals surface area contributed by atoms with E-state index in [1.54, 1.807) is 6.92 Å². The number of carbonyl (C=O) groups is 2. The topological polar surface area (TPSA) is 79.5 Å². The van der Waals surface area contributed by atoms with E-state index in [4.69, 9.17) is 15.9 Å². The molecule has 84 valence electrons. The Bertz CT molecular complexity index is 441. The molecule has 1 heterocycles. The first-order valence-electron chi connectivity index (χ1n) is 4.60. The molecule has 5 nitrogen and oxygen atoms in total. The number of amides is 1. The van der Waals surface area contributed by atoms with Crippen molar-refractivity contribution in [1.82, 2.24) is 5.32 Å². The highest BCUT2D eigenvalue weighted by atomic mass is 16.4. The van der Waals surface area contributed by atoms with Crippen LogP contribution in [0.2, 0.25) is 0 Å². The average molecular weight is 221 g/mol. The van der Waals surface area contributed by atoms with E-state index in [2.05, 4.69) is 11.2 Å². The van der Waals surface area contributed by atoms with Gasteiger partial charge in [0.1, 0.15) is 6.26 Å². The second-order valence-corrected chi connectivity index (χ2v) is 3.29. The van der Waals surface area contributed by atoms with Crippen LogP contribution in [0.15, 0.2) is 16.7 Å². The Morgan fingerprint density at radius 1 is 1.69 bits per heavy atom. The van der Waals surface area contributed by atoms with Crippen LogP contribution in [0.5, 0.6) is 0 Å². The van der Waals surface area contributed by atoms with Gasteiger partial charge in [0.15, 0.2) is 5.76 Å². The molecule has 5 heteroatoms. The van der Waals surface area contributed by atoms with Crippen molar-refractivity contribution >= 4 is 11.9 Å². The van der Waals surface area contributed by atoms with Crippen molar-refractivity contribution in [3.63, 3.8) is 0 Å². The van der Waals surface area contributed by atoms with Gasteiger partial charge in [-0.05, 0) is 6.92 Å². The number of aromatic carboxylic acids is 1. The van der Waals surface area contributed by atoms with Gasteiger partial charge in [-0.1, -0.05) is 0 Å². The maximum absolute atomic E-state index is 11.5. The lowest BCUT2D eigenvalue weighted by molar-refractivity contribution is 0.0695. The monoisotopic (exact) mass is 221 g/mol. The SMILES string of the molecule is C#CCC(C)NC(=O)c1cc(C(=O)O)co1. The Hall–Kier alpha value is -2.22. The number of furan rings is 1. The number of hydrogen-bond acceptors (Lipinski definition) is 3. The van der Waals surface area contributed by atoms with Crippen molar-refractivity contribution in [3.05, 3.63) is 23.7 Å². The van der Waals surface area contributed by atoms with E-state index in [0.29, 0.717) is 6.42 Å². The summed E-state index contributed by atoms with van der Waals surface area (Å²) in [5.74, 6) is 0.752. The highest BCUT2D eigenvalue weighted by molar-refractivity contribution is 5.95. The van der Waals surface area contributed by atoms with E-state index in [1.807, 2.05) is 0 Å². The van der Waals surface area contributed by atoms with Gasteiger partial charge in [-0.25, -0.2) is 4.79 Å². The molecule has 16 heavy (non-hydrogen) atoms. The summed E-state index contributed by atoms with van der Waals surface area (Å²) < 4.78 is 4.82. The molecule has 1 atom stereocenters. The molecule has 0 fully saturated rings. The summed E-state index contributed by atoms with van der Waals surface area (Å²) in [5, 5.41) is 11.2. The zero-order valence-corrected chi connectivity index (χ0v) is 8.69. The Labute approximate surface area is 92.4 Å². The van der Waals surface area contributed by atoms with E-state index >= 15 is 0 Å². The number of carboxylic acids is 1. The zero-order chi connectivity index (χ0) is 12.1. The highest BCUT2D eigenvalue weighted by Gasteiger charge is 2.15. The zero-order valence-electron chi connectivity index (χ0n) is 8.69. The third kappa shape index (κ3) is 2.89. The molecular formula is C11H11NO4. The maximum Gasteiger partial charge on any atom is 0.338 e. The first-order valence-corrected chi connectivity index (χ1v) is 4.60. The van der Waals surface area contributed by atoms with Crippen LogP contribution >= 0.6 is 0 Å². The molecule has 1 amide bonds.